The molecule has 0 atom stereocenters. The van der Waals surface area contributed by atoms with Crippen molar-refractivity contribution in [3.63, 3.8) is 0 Å². The van der Waals surface area contributed by atoms with E-state index >= 15 is 0 Å². The van der Waals surface area contributed by atoms with Crippen molar-refractivity contribution >= 4 is 27.3 Å². The van der Waals surface area contributed by atoms with Crippen LogP contribution in [0.5, 0.6) is 0 Å². The number of aromatic nitrogens is 1. The number of para-hydroxylation sites is 1. The van der Waals surface area contributed by atoms with Gasteiger partial charge in [-0.15, -0.1) is 0 Å². The van der Waals surface area contributed by atoms with Crippen molar-refractivity contribution in [2.45, 2.75) is 0 Å². The zero-order chi connectivity index (χ0) is 13.8. The first-order chi connectivity index (χ1) is 8.33. The van der Waals surface area contributed by atoms with Crippen LogP contribution in [0.4, 0.5) is 0 Å². The molecule has 0 aliphatic carbocycles. The second-order valence-corrected chi connectivity index (χ2v) is 5.11. The maximum atomic E-state index is 10.7. The topological polar surface area (TPSA) is 78.2 Å². The summed E-state index contributed by atoms with van der Waals surface area (Å²) in [5.74, 6) is 0. The van der Waals surface area contributed by atoms with Gasteiger partial charge in [-0.05, 0) is 12.1 Å². The quantitative estimate of drug-likeness (QED) is 0.431. The molecule has 0 aliphatic heterocycles. The summed E-state index contributed by atoms with van der Waals surface area (Å²) in [4.78, 5) is 10.7. The molecule has 0 fully saturated rings. The van der Waals surface area contributed by atoms with Crippen molar-refractivity contribution in [1.82, 2.24) is 0 Å². The predicted molar refractivity (Wildman–Crippen MR) is 66.1 cm³/mol. The van der Waals surface area contributed by atoms with Gasteiger partial charge in [-0.2, -0.15) is 4.57 Å². The minimum atomic E-state index is -3.92. The predicted octanol–water partition coefficient (Wildman–Crippen LogP) is 0.638. The van der Waals surface area contributed by atoms with E-state index < -0.39 is 10.1 Å². The van der Waals surface area contributed by atoms with Crippen LogP contribution in [-0.2, 0) is 17.2 Å². The largest absolute Gasteiger partial charge is 0.748 e. The number of hydrogen-bond acceptors (Lipinski definition) is 4. The monoisotopic (exact) mass is 267 g/mol. The molecule has 0 radical (unpaired) electrons. The summed E-state index contributed by atoms with van der Waals surface area (Å²) in [6.07, 6.45) is 1.47. The van der Waals surface area contributed by atoms with E-state index in [0.717, 1.165) is 17.2 Å². The summed E-state index contributed by atoms with van der Waals surface area (Å²) in [5.41, 5.74) is 1.77. The zero-order valence-electron chi connectivity index (χ0n) is 10.0. The van der Waals surface area contributed by atoms with Crippen LogP contribution >= 0.6 is 0 Å². The van der Waals surface area contributed by atoms with E-state index in [1.165, 1.54) is 0 Å². The minimum absolute atomic E-state index is 0.604. The number of hydrogen-bond donors (Lipinski definition) is 0. The molecule has 0 N–H and O–H groups in total. The van der Waals surface area contributed by atoms with Gasteiger partial charge in [0.1, 0.15) is 7.05 Å². The number of pyridine rings is 1. The molecule has 1 heterocycles. The Kier molecular flexibility index (Phi) is 4.52. The highest BCUT2D eigenvalue weighted by Gasteiger charge is 2.08. The van der Waals surface area contributed by atoms with Crippen LogP contribution in [0.3, 0.4) is 0 Å². The summed E-state index contributed by atoms with van der Waals surface area (Å²) in [5, 5.41) is 1.15. The highest BCUT2D eigenvalue weighted by molar-refractivity contribution is 7.84. The van der Waals surface area contributed by atoms with E-state index in [-0.39, 0.29) is 0 Å². The van der Waals surface area contributed by atoms with Crippen LogP contribution < -0.4 is 4.57 Å². The summed E-state index contributed by atoms with van der Waals surface area (Å²) in [6, 6.07) is 11.8. The Morgan fingerprint density at radius 1 is 1.17 bits per heavy atom. The van der Waals surface area contributed by atoms with Crippen molar-refractivity contribution in [2.24, 2.45) is 7.05 Å². The highest BCUT2D eigenvalue weighted by atomic mass is 32.2. The summed E-state index contributed by atoms with van der Waals surface area (Å²) >= 11 is 0. The number of fused-ring (bicyclic) bond motifs is 1. The number of carbonyl (C=O) groups is 1. The Bertz CT molecular complexity index is 657. The number of rotatable bonds is 1. The average Bonchev–Trinajstić information content (AvgIpc) is 2.28. The van der Waals surface area contributed by atoms with Crippen LogP contribution in [0.25, 0.3) is 10.9 Å². The second kappa shape index (κ2) is 5.70. The Balaban J connectivity index is 0.000000280. The molecule has 2 aromatic rings. The molecule has 96 valence electrons. The van der Waals surface area contributed by atoms with Gasteiger partial charge in [0.15, 0.2) is 0 Å². The number of carbonyl (C=O) groups excluding carboxylic acids is 1. The van der Waals surface area contributed by atoms with Gasteiger partial charge in [-0.1, -0.05) is 12.1 Å². The molecular weight excluding hydrogens is 254 g/mol. The van der Waals surface area contributed by atoms with Crippen molar-refractivity contribution in [2.75, 3.05) is 6.26 Å². The lowest BCUT2D eigenvalue weighted by Crippen LogP contribution is -2.34. The minimum Gasteiger partial charge on any atom is -0.748 e. The lowest BCUT2D eigenvalue weighted by molar-refractivity contribution is -0.646. The molecule has 1 aromatic carbocycles. The van der Waals surface area contributed by atoms with Gasteiger partial charge >= 0.3 is 0 Å². The average molecular weight is 267 g/mol. The third-order valence-electron chi connectivity index (χ3n) is 2.24. The smallest absolute Gasteiger partial charge is 0.245 e. The lowest BCUT2D eigenvalue weighted by Gasteiger charge is -1.97. The van der Waals surface area contributed by atoms with E-state index in [4.69, 9.17) is 13.0 Å². The number of aldehydes is 1. The molecular formula is C12H13NO4S. The Morgan fingerprint density at radius 2 is 1.72 bits per heavy atom. The first-order valence-corrected chi connectivity index (χ1v) is 6.88. The normalized spacial score (nSPS) is 10.6. The van der Waals surface area contributed by atoms with Crippen LogP contribution in [0.2, 0.25) is 0 Å². The van der Waals surface area contributed by atoms with Gasteiger partial charge in [0.25, 0.3) is 0 Å². The van der Waals surface area contributed by atoms with E-state index in [0.29, 0.717) is 11.9 Å². The van der Waals surface area contributed by atoms with E-state index in [2.05, 4.69) is 0 Å². The summed E-state index contributed by atoms with van der Waals surface area (Å²) < 4.78 is 29.1. The van der Waals surface area contributed by atoms with Crippen LogP contribution in [-0.4, -0.2) is 25.5 Å². The maximum Gasteiger partial charge on any atom is 0.245 e. The van der Waals surface area contributed by atoms with Crippen LogP contribution in [0, 0.1) is 0 Å². The molecule has 2 rings (SSSR count). The number of aryl methyl sites for hydroxylation is 1. The highest BCUT2D eigenvalue weighted by Crippen LogP contribution is 2.08. The zero-order valence-corrected chi connectivity index (χ0v) is 10.8. The molecule has 0 aliphatic rings. The molecule has 1 aromatic heterocycles. The third kappa shape index (κ3) is 4.23. The van der Waals surface area contributed by atoms with Crippen LogP contribution in [0.1, 0.15) is 10.5 Å². The van der Waals surface area contributed by atoms with Gasteiger partial charge in [-0.25, -0.2) is 8.42 Å². The SMILES string of the molecule is CS(=O)(=O)[O-].C[n+]1c(C=O)ccc2ccccc21. The van der Waals surface area contributed by atoms with E-state index in [1.807, 2.05) is 48.0 Å². The van der Waals surface area contributed by atoms with Crippen molar-refractivity contribution in [1.29, 1.82) is 0 Å². The summed E-state index contributed by atoms with van der Waals surface area (Å²) in [6.45, 7) is 0. The van der Waals surface area contributed by atoms with Gasteiger partial charge in [0.2, 0.25) is 17.5 Å². The molecule has 0 amide bonds. The number of nitrogens with zero attached hydrogens (tertiary/aromatic N) is 1. The van der Waals surface area contributed by atoms with Crippen molar-refractivity contribution < 1.29 is 22.3 Å². The van der Waals surface area contributed by atoms with Gasteiger partial charge in [0, 0.05) is 23.8 Å². The first kappa shape index (κ1) is 14.3. The molecule has 0 saturated carbocycles. The van der Waals surface area contributed by atoms with Crippen LogP contribution in [0.15, 0.2) is 36.4 Å². The third-order valence-corrected chi connectivity index (χ3v) is 2.24. The van der Waals surface area contributed by atoms with Gasteiger partial charge in [0.05, 0.1) is 10.1 Å². The molecule has 0 spiro atoms. The Labute approximate surface area is 105 Å². The molecule has 6 heteroatoms. The fraction of sp³-hybridized carbons (Fsp3) is 0.167. The molecule has 5 nitrogen and oxygen atoms in total. The lowest BCUT2D eigenvalue weighted by atomic mass is 10.2. The van der Waals surface area contributed by atoms with Crippen molar-refractivity contribution in [3.8, 4) is 0 Å². The molecule has 0 bridgehead atoms. The molecule has 0 unspecified atom stereocenters. The fourth-order valence-electron chi connectivity index (χ4n) is 1.48. The standard InChI is InChI=1S/C11H10NO.CH4O3S/c1-12-10(8-13)7-6-9-4-2-3-5-11(9)12;1-5(2,3)4/h2-8H,1H3;1H3,(H,2,3,4)/q+1;/p-1. The molecule has 18 heavy (non-hydrogen) atoms. The first-order valence-electron chi connectivity index (χ1n) is 5.07. The Hall–Kier alpha value is -1.79. The van der Waals surface area contributed by atoms with E-state index in [1.54, 1.807) is 0 Å². The summed E-state index contributed by atoms with van der Waals surface area (Å²) in [7, 11) is -2.02. The Morgan fingerprint density at radius 3 is 2.28 bits per heavy atom. The maximum absolute atomic E-state index is 10.7. The van der Waals surface area contributed by atoms with Gasteiger partial charge < -0.3 is 4.55 Å². The fourth-order valence-corrected chi connectivity index (χ4v) is 1.48. The molecule has 0 saturated heterocycles. The second-order valence-electron chi connectivity index (χ2n) is 3.70. The van der Waals surface area contributed by atoms with E-state index in [9.17, 15) is 4.79 Å². The van der Waals surface area contributed by atoms with Crippen molar-refractivity contribution in [3.05, 3.63) is 42.1 Å². The van der Waals surface area contributed by atoms with Gasteiger partial charge in [-0.3, -0.25) is 4.79 Å². The number of benzene rings is 1.